The molecule has 2 heteroatoms. The van der Waals surface area contributed by atoms with Gasteiger partial charge in [-0.3, -0.25) is 0 Å². The standard InChI is InChI=1S/C19H28O2/c1-14(2)13-19(11-3-4-12-19)18(20)15-5-7-16(8-6-15)21-17-9-10-17/h5-8,14,17-18,20H,3-4,9-13H2,1-2H3. The Balaban J connectivity index is 1.73. The van der Waals surface area contributed by atoms with Gasteiger partial charge in [-0.1, -0.05) is 38.8 Å². The first-order valence-electron chi connectivity index (χ1n) is 8.54. The molecule has 0 bridgehead atoms. The number of aliphatic hydroxyl groups is 1. The molecule has 1 aromatic rings. The summed E-state index contributed by atoms with van der Waals surface area (Å²) in [6.45, 7) is 4.53. The van der Waals surface area contributed by atoms with Crippen LogP contribution in [-0.4, -0.2) is 11.2 Å². The summed E-state index contributed by atoms with van der Waals surface area (Å²) in [5.41, 5.74) is 1.15. The van der Waals surface area contributed by atoms with E-state index in [1.165, 1.54) is 25.7 Å². The normalized spacial score (nSPS) is 22.5. The van der Waals surface area contributed by atoms with Crippen LogP contribution in [0.5, 0.6) is 5.75 Å². The lowest BCUT2D eigenvalue weighted by Crippen LogP contribution is -2.27. The second-order valence-electron chi connectivity index (χ2n) is 7.46. The Hall–Kier alpha value is -1.02. The Morgan fingerprint density at radius 1 is 1.14 bits per heavy atom. The molecule has 1 aromatic carbocycles. The van der Waals surface area contributed by atoms with Gasteiger partial charge in [-0.15, -0.1) is 0 Å². The molecule has 2 fully saturated rings. The highest BCUT2D eigenvalue weighted by Gasteiger charge is 2.41. The van der Waals surface area contributed by atoms with Gasteiger partial charge in [-0.2, -0.15) is 0 Å². The van der Waals surface area contributed by atoms with Gasteiger partial charge in [0.2, 0.25) is 0 Å². The Morgan fingerprint density at radius 3 is 2.29 bits per heavy atom. The smallest absolute Gasteiger partial charge is 0.119 e. The van der Waals surface area contributed by atoms with Crippen LogP contribution >= 0.6 is 0 Å². The SMILES string of the molecule is CC(C)CC1(C(O)c2ccc(OC3CC3)cc2)CCCC1. The maximum Gasteiger partial charge on any atom is 0.119 e. The Bertz CT molecular complexity index is 453. The summed E-state index contributed by atoms with van der Waals surface area (Å²) >= 11 is 0. The molecule has 2 aliphatic rings. The topological polar surface area (TPSA) is 29.5 Å². The van der Waals surface area contributed by atoms with Gasteiger partial charge in [0.15, 0.2) is 0 Å². The van der Waals surface area contributed by atoms with Gasteiger partial charge < -0.3 is 9.84 Å². The quantitative estimate of drug-likeness (QED) is 0.809. The summed E-state index contributed by atoms with van der Waals surface area (Å²) in [5, 5.41) is 11.0. The van der Waals surface area contributed by atoms with E-state index in [4.69, 9.17) is 4.74 Å². The molecule has 2 saturated carbocycles. The van der Waals surface area contributed by atoms with Crippen molar-refractivity contribution in [1.82, 2.24) is 0 Å². The van der Waals surface area contributed by atoms with E-state index in [2.05, 4.69) is 26.0 Å². The molecular formula is C19H28O2. The highest BCUT2D eigenvalue weighted by molar-refractivity contribution is 5.30. The number of ether oxygens (including phenoxy) is 1. The summed E-state index contributed by atoms with van der Waals surface area (Å²) in [7, 11) is 0. The zero-order chi connectivity index (χ0) is 14.9. The summed E-state index contributed by atoms with van der Waals surface area (Å²) in [5.74, 6) is 1.58. The van der Waals surface area contributed by atoms with Crippen molar-refractivity contribution < 1.29 is 9.84 Å². The molecule has 0 spiro atoms. The number of hydrogen-bond acceptors (Lipinski definition) is 2. The van der Waals surface area contributed by atoms with Crippen LogP contribution in [0.1, 0.15) is 70.5 Å². The van der Waals surface area contributed by atoms with Crippen molar-refractivity contribution in [3.63, 3.8) is 0 Å². The Labute approximate surface area is 128 Å². The van der Waals surface area contributed by atoms with Crippen molar-refractivity contribution in [2.24, 2.45) is 11.3 Å². The first kappa shape index (κ1) is 14.9. The van der Waals surface area contributed by atoms with E-state index in [-0.39, 0.29) is 11.5 Å². The average Bonchev–Trinajstić information content (AvgIpc) is 3.15. The molecule has 0 amide bonds. The zero-order valence-electron chi connectivity index (χ0n) is 13.3. The molecule has 2 aliphatic carbocycles. The first-order valence-corrected chi connectivity index (χ1v) is 8.54. The van der Waals surface area contributed by atoms with Crippen LogP contribution in [0, 0.1) is 11.3 Å². The van der Waals surface area contributed by atoms with Crippen molar-refractivity contribution in [1.29, 1.82) is 0 Å². The fourth-order valence-electron chi connectivity index (χ4n) is 3.94. The molecule has 0 radical (unpaired) electrons. The molecule has 116 valence electrons. The van der Waals surface area contributed by atoms with Crippen molar-refractivity contribution >= 4 is 0 Å². The Kier molecular flexibility index (Phi) is 4.26. The molecule has 3 rings (SSSR count). The highest BCUT2D eigenvalue weighted by Crippen LogP contribution is 2.51. The largest absolute Gasteiger partial charge is 0.490 e. The predicted octanol–water partition coefficient (Wildman–Crippen LogP) is 4.87. The van der Waals surface area contributed by atoms with E-state index in [0.29, 0.717) is 12.0 Å². The summed E-state index contributed by atoms with van der Waals surface area (Å²) in [6.07, 6.45) is 8.41. The minimum atomic E-state index is -0.336. The van der Waals surface area contributed by atoms with E-state index >= 15 is 0 Å². The van der Waals surface area contributed by atoms with Crippen LogP contribution in [0.2, 0.25) is 0 Å². The van der Waals surface area contributed by atoms with Crippen LogP contribution in [0.4, 0.5) is 0 Å². The maximum absolute atomic E-state index is 11.0. The van der Waals surface area contributed by atoms with Gasteiger partial charge in [0.05, 0.1) is 12.2 Å². The van der Waals surface area contributed by atoms with Crippen LogP contribution in [-0.2, 0) is 0 Å². The van der Waals surface area contributed by atoms with Gasteiger partial charge in [-0.25, -0.2) is 0 Å². The van der Waals surface area contributed by atoms with Gasteiger partial charge >= 0.3 is 0 Å². The fourth-order valence-corrected chi connectivity index (χ4v) is 3.94. The molecule has 1 N–H and O–H groups in total. The van der Waals surface area contributed by atoms with Crippen LogP contribution in [0.3, 0.4) is 0 Å². The number of rotatable bonds is 6. The van der Waals surface area contributed by atoms with Gasteiger partial charge in [0.25, 0.3) is 0 Å². The van der Waals surface area contributed by atoms with E-state index in [1.54, 1.807) is 0 Å². The van der Waals surface area contributed by atoms with E-state index < -0.39 is 0 Å². The molecule has 0 heterocycles. The lowest BCUT2D eigenvalue weighted by molar-refractivity contribution is 0.0111. The zero-order valence-corrected chi connectivity index (χ0v) is 13.3. The highest BCUT2D eigenvalue weighted by atomic mass is 16.5. The fraction of sp³-hybridized carbons (Fsp3) is 0.684. The van der Waals surface area contributed by atoms with E-state index in [0.717, 1.165) is 30.6 Å². The summed E-state index contributed by atoms with van der Waals surface area (Å²) in [4.78, 5) is 0. The van der Waals surface area contributed by atoms with Crippen LogP contribution in [0.15, 0.2) is 24.3 Å². The monoisotopic (exact) mass is 288 g/mol. The number of aliphatic hydroxyl groups excluding tert-OH is 1. The van der Waals surface area contributed by atoms with Crippen LogP contribution in [0.25, 0.3) is 0 Å². The molecule has 1 atom stereocenters. The van der Waals surface area contributed by atoms with Crippen molar-refractivity contribution in [2.45, 2.75) is 71.0 Å². The lowest BCUT2D eigenvalue weighted by atomic mass is 9.72. The van der Waals surface area contributed by atoms with Crippen molar-refractivity contribution in [3.05, 3.63) is 29.8 Å². The van der Waals surface area contributed by atoms with Crippen molar-refractivity contribution in [3.8, 4) is 5.75 Å². The molecule has 2 nitrogen and oxygen atoms in total. The number of hydrogen-bond donors (Lipinski definition) is 1. The second kappa shape index (κ2) is 6.00. The molecule has 0 aliphatic heterocycles. The lowest BCUT2D eigenvalue weighted by Gasteiger charge is -2.36. The van der Waals surface area contributed by atoms with Gasteiger partial charge in [0, 0.05) is 5.41 Å². The van der Waals surface area contributed by atoms with Crippen molar-refractivity contribution in [2.75, 3.05) is 0 Å². The third kappa shape index (κ3) is 3.42. The number of benzene rings is 1. The van der Waals surface area contributed by atoms with E-state index in [9.17, 15) is 5.11 Å². The minimum Gasteiger partial charge on any atom is -0.490 e. The summed E-state index contributed by atoms with van der Waals surface area (Å²) in [6, 6.07) is 8.16. The maximum atomic E-state index is 11.0. The molecule has 0 saturated heterocycles. The Morgan fingerprint density at radius 2 is 1.76 bits per heavy atom. The van der Waals surface area contributed by atoms with Crippen LogP contribution < -0.4 is 4.74 Å². The van der Waals surface area contributed by atoms with E-state index in [1.807, 2.05) is 12.1 Å². The molecule has 0 aromatic heterocycles. The van der Waals surface area contributed by atoms with Gasteiger partial charge in [-0.05, 0) is 55.7 Å². The predicted molar refractivity (Wildman–Crippen MR) is 85.4 cm³/mol. The average molecular weight is 288 g/mol. The minimum absolute atomic E-state index is 0.0903. The summed E-state index contributed by atoms with van der Waals surface area (Å²) < 4.78 is 5.79. The third-order valence-electron chi connectivity index (χ3n) is 5.02. The molecular weight excluding hydrogens is 260 g/mol. The van der Waals surface area contributed by atoms with Gasteiger partial charge in [0.1, 0.15) is 5.75 Å². The third-order valence-corrected chi connectivity index (χ3v) is 5.02. The second-order valence-corrected chi connectivity index (χ2v) is 7.46. The molecule has 21 heavy (non-hydrogen) atoms. The first-order chi connectivity index (χ1) is 10.1. The molecule has 1 unspecified atom stereocenters.